The summed E-state index contributed by atoms with van der Waals surface area (Å²) in [4.78, 5) is 4.68. The topological polar surface area (TPSA) is 29.9 Å². The highest BCUT2D eigenvalue weighted by molar-refractivity contribution is 5.31. The maximum absolute atomic E-state index is 4.68. The van der Waals surface area contributed by atoms with Gasteiger partial charge in [0.2, 0.25) is 5.95 Å². The zero-order valence-electron chi connectivity index (χ0n) is 12.8. The maximum atomic E-state index is 4.68. The minimum atomic E-state index is 0.552. The molecule has 0 amide bonds. The summed E-state index contributed by atoms with van der Waals surface area (Å²) in [6.07, 6.45) is 12.7. The molecule has 1 N–H and O–H groups in total. The smallest absolute Gasteiger partial charge is 0.203 e. The van der Waals surface area contributed by atoms with Crippen LogP contribution in [0.4, 0.5) is 5.95 Å². The molecule has 19 heavy (non-hydrogen) atoms. The van der Waals surface area contributed by atoms with Gasteiger partial charge in [0.25, 0.3) is 0 Å². The van der Waals surface area contributed by atoms with E-state index in [9.17, 15) is 0 Å². The maximum Gasteiger partial charge on any atom is 0.203 e. The Morgan fingerprint density at radius 1 is 1.37 bits per heavy atom. The van der Waals surface area contributed by atoms with Gasteiger partial charge in [-0.15, -0.1) is 0 Å². The van der Waals surface area contributed by atoms with Crippen molar-refractivity contribution in [1.29, 1.82) is 0 Å². The summed E-state index contributed by atoms with van der Waals surface area (Å²) in [5.74, 6) is 1.09. The number of nitrogens with zero attached hydrogens (tertiary/aromatic N) is 2. The lowest BCUT2D eigenvalue weighted by molar-refractivity contribution is 0.478. The van der Waals surface area contributed by atoms with E-state index in [1.165, 1.54) is 51.4 Å². The summed E-state index contributed by atoms with van der Waals surface area (Å²) < 4.78 is 2.35. The number of rotatable bonds is 7. The Kier molecular flexibility index (Phi) is 5.29. The quantitative estimate of drug-likeness (QED) is 0.723. The summed E-state index contributed by atoms with van der Waals surface area (Å²) >= 11 is 0. The van der Waals surface area contributed by atoms with Crippen molar-refractivity contribution < 1.29 is 0 Å². The molecule has 1 atom stereocenters. The SMILES string of the molecule is CCCCCC(C)n1cc(C)nc1NC1CCCC1. The number of hydrogen-bond donors (Lipinski definition) is 1. The van der Waals surface area contributed by atoms with Gasteiger partial charge in [0.05, 0.1) is 5.69 Å². The minimum absolute atomic E-state index is 0.552. The van der Waals surface area contributed by atoms with E-state index in [-0.39, 0.29) is 0 Å². The second-order valence-corrected chi connectivity index (χ2v) is 6.08. The molecule has 0 aliphatic heterocycles. The molecule has 3 heteroatoms. The number of imidazole rings is 1. The van der Waals surface area contributed by atoms with Crippen molar-refractivity contribution in [2.45, 2.75) is 84.2 Å². The Labute approximate surface area is 117 Å². The van der Waals surface area contributed by atoms with E-state index < -0.39 is 0 Å². The molecule has 1 heterocycles. The molecule has 0 aromatic carbocycles. The number of aromatic nitrogens is 2. The summed E-state index contributed by atoms with van der Waals surface area (Å²) in [7, 11) is 0. The minimum Gasteiger partial charge on any atom is -0.353 e. The molecule has 1 unspecified atom stereocenters. The largest absolute Gasteiger partial charge is 0.353 e. The van der Waals surface area contributed by atoms with Crippen molar-refractivity contribution in [3.8, 4) is 0 Å². The Bertz CT molecular complexity index is 377. The molecule has 1 fully saturated rings. The van der Waals surface area contributed by atoms with E-state index in [4.69, 9.17) is 0 Å². The predicted molar refractivity (Wildman–Crippen MR) is 81.7 cm³/mol. The monoisotopic (exact) mass is 263 g/mol. The second kappa shape index (κ2) is 6.97. The summed E-state index contributed by atoms with van der Waals surface area (Å²) in [5.41, 5.74) is 1.13. The Morgan fingerprint density at radius 3 is 2.79 bits per heavy atom. The van der Waals surface area contributed by atoms with Gasteiger partial charge in [-0.3, -0.25) is 0 Å². The van der Waals surface area contributed by atoms with Crippen molar-refractivity contribution in [2.75, 3.05) is 5.32 Å². The van der Waals surface area contributed by atoms with Crippen LogP contribution in [0.1, 0.15) is 76.9 Å². The van der Waals surface area contributed by atoms with E-state index in [1.807, 2.05) is 0 Å². The fourth-order valence-corrected chi connectivity index (χ4v) is 3.04. The number of hydrogen-bond acceptors (Lipinski definition) is 2. The molecule has 1 aromatic heterocycles. The number of nitrogens with one attached hydrogen (secondary N) is 1. The van der Waals surface area contributed by atoms with Gasteiger partial charge in [-0.1, -0.05) is 39.0 Å². The molecular formula is C16H29N3. The molecule has 2 rings (SSSR count). The first-order valence-electron chi connectivity index (χ1n) is 8.02. The molecule has 3 nitrogen and oxygen atoms in total. The highest BCUT2D eigenvalue weighted by atomic mass is 15.2. The second-order valence-electron chi connectivity index (χ2n) is 6.08. The molecule has 0 saturated heterocycles. The first-order valence-corrected chi connectivity index (χ1v) is 8.02. The van der Waals surface area contributed by atoms with Gasteiger partial charge >= 0.3 is 0 Å². The molecule has 1 aromatic rings. The van der Waals surface area contributed by atoms with Crippen LogP contribution in [-0.4, -0.2) is 15.6 Å². The molecular weight excluding hydrogens is 234 g/mol. The van der Waals surface area contributed by atoms with Gasteiger partial charge in [0, 0.05) is 18.3 Å². The first kappa shape index (κ1) is 14.4. The van der Waals surface area contributed by atoms with Crippen molar-refractivity contribution in [2.24, 2.45) is 0 Å². The molecule has 0 radical (unpaired) electrons. The van der Waals surface area contributed by atoms with E-state index in [0.717, 1.165) is 11.6 Å². The fraction of sp³-hybridized carbons (Fsp3) is 0.812. The standard InChI is InChI=1S/C16H29N3/c1-4-5-6-9-14(3)19-12-13(2)17-16(19)18-15-10-7-8-11-15/h12,14-15H,4-11H2,1-3H3,(H,17,18). The van der Waals surface area contributed by atoms with Crippen LogP contribution in [0.2, 0.25) is 0 Å². The van der Waals surface area contributed by atoms with Crippen LogP contribution in [-0.2, 0) is 0 Å². The van der Waals surface area contributed by atoms with E-state index in [0.29, 0.717) is 12.1 Å². The normalized spacial score (nSPS) is 17.8. The molecule has 1 saturated carbocycles. The first-order chi connectivity index (χ1) is 9.20. The lowest BCUT2D eigenvalue weighted by Gasteiger charge is -2.19. The summed E-state index contributed by atoms with van der Waals surface area (Å²) in [6, 6.07) is 1.19. The third-order valence-electron chi connectivity index (χ3n) is 4.24. The van der Waals surface area contributed by atoms with Crippen LogP contribution in [0.25, 0.3) is 0 Å². The Balaban J connectivity index is 1.97. The van der Waals surface area contributed by atoms with E-state index >= 15 is 0 Å². The van der Waals surface area contributed by atoms with Crippen LogP contribution >= 0.6 is 0 Å². The van der Waals surface area contributed by atoms with Gasteiger partial charge in [0.1, 0.15) is 0 Å². The molecule has 0 spiro atoms. The highest BCUT2D eigenvalue weighted by Crippen LogP contribution is 2.25. The number of unbranched alkanes of at least 4 members (excludes halogenated alkanes) is 2. The highest BCUT2D eigenvalue weighted by Gasteiger charge is 2.18. The predicted octanol–water partition coefficient (Wildman–Crippen LogP) is 4.69. The van der Waals surface area contributed by atoms with Crippen LogP contribution in [0.5, 0.6) is 0 Å². The lowest BCUT2D eigenvalue weighted by atomic mass is 10.1. The Morgan fingerprint density at radius 2 is 2.11 bits per heavy atom. The van der Waals surface area contributed by atoms with Crippen molar-refractivity contribution >= 4 is 5.95 Å². The van der Waals surface area contributed by atoms with Crippen LogP contribution in [0.15, 0.2) is 6.20 Å². The molecule has 1 aliphatic rings. The van der Waals surface area contributed by atoms with Gasteiger partial charge < -0.3 is 9.88 Å². The zero-order chi connectivity index (χ0) is 13.7. The van der Waals surface area contributed by atoms with Gasteiger partial charge in [0.15, 0.2) is 0 Å². The van der Waals surface area contributed by atoms with E-state index in [1.54, 1.807) is 0 Å². The van der Waals surface area contributed by atoms with Crippen molar-refractivity contribution in [3.05, 3.63) is 11.9 Å². The van der Waals surface area contributed by atoms with Crippen molar-refractivity contribution in [3.63, 3.8) is 0 Å². The summed E-state index contributed by atoms with van der Waals surface area (Å²) in [6.45, 7) is 6.67. The lowest BCUT2D eigenvalue weighted by Crippen LogP contribution is -2.19. The van der Waals surface area contributed by atoms with Gasteiger partial charge in [-0.25, -0.2) is 4.98 Å². The van der Waals surface area contributed by atoms with Crippen LogP contribution < -0.4 is 5.32 Å². The number of anilines is 1. The zero-order valence-corrected chi connectivity index (χ0v) is 12.8. The van der Waals surface area contributed by atoms with Gasteiger partial charge in [-0.2, -0.15) is 0 Å². The third-order valence-corrected chi connectivity index (χ3v) is 4.24. The number of aryl methyl sites for hydroxylation is 1. The average Bonchev–Trinajstić information content (AvgIpc) is 3.00. The molecule has 1 aliphatic carbocycles. The fourth-order valence-electron chi connectivity index (χ4n) is 3.04. The average molecular weight is 263 g/mol. The molecule has 108 valence electrons. The van der Waals surface area contributed by atoms with Crippen LogP contribution in [0, 0.1) is 6.92 Å². The van der Waals surface area contributed by atoms with Gasteiger partial charge in [-0.05, 0) is 33.1 Å². The Hall–Kier alpha value is -0.990. The third kappa shape index (κ3) is 3.99. The van der Waals surface area contributed by atoms with Crippen molar-refractivity contribution in [1.82, 2.24) is 9.55 Å². The molecule has 0 bridgehead atoms. The summed E-state index contributed by atoms with van der Waals surface area (Å²) in [5, 5.41) is 3.65. The van der Waals surface area contributed by atoms with Crippen LogP contribution in [0.3, 0.4) is 0 Å². The van der Waals surface area contributed by atoms with E-state index in [2.05, 4.69) is 41.8 Å².